The van der Waals surface area contributed by atoms with Crippen molar-refractivity contribution in [1.82, 2.24) is 10.4 Å². The van der Waals surface area contributed by atoms with Crippen molar-refractivity contribution in [2.45, 2.75) is 25.9 Å². The number of hydrogen-bond acceptors (Lipinski definition) is 8. The maximum atomic E-state index is 13.0. The molecule has 2 heterocycles. The Morgan fingerprint density at radius 3 is 2.81 bits per heavy atom. The summed E-state index contributed by atoms with van der Waals surface area (Å²) in [6.45, 7) is 4.21. The molecule has 2 aromatic carbocycles. The highest BCUT2D eigenvalue weighted by atomic mass is 35.5. The van der Waals surface area contributed by atoms with E-state index in [1.54, 1.807) is 32.0 Å². The van der Waals surface area contributed by atoms with Crippen LogP contribution in [0.15, 0.2) is 30.3 Å². The fourth-order valence-corrected chi connectivity index (χ4v) is 4.32. The first kappa shape index (κ1) is 21.2. The number of nitrogens with zero attached hydrogens (tertiary/aromatic N) is 1. The van der Waals surface area contributed by atoms with E-state index < -0.39 is 11.6 Å². The Morgan fingerprint density at radius 1 is 1.23 bits per heavy atom. The van der Waals surface area contributed by atoms with Gasteiger partial charge < -0.3 is 15.5 Å². The number of hydrogen-bond donors (Lipinski definition) is 5. The largest absolute Gasteiger partial charge is 0.453 e. The number of methoxy groups -OCH3 is 1. The molecule has 0 unspecified atom stereocenters. The quantitative estimate of drug-likeness (QED) is 0.383. The van der Waals surface area contributed by atoms with Crippen LogP contribution in [0.2, 0.25) is 5.02 Å². The van der Waals surface area contributed by atoms with Crippen molar-refractivity contribution in [3.05, 3.63) is 40.9 Å². The molecule has 1 aliphatic heterocycles. The smallest absolute Gasteiger partial charge is 0.411 e. The molecule has 0 saturated heterocycles. The number of fused-ring (bicyclic) bond motifs is 3. The van der Waals surface area contributed by atoms with Gasteiger partial charge in [-0.1, -0.05) is 22.9 Å². The number of aromatic nitrogens is 1. The molecule has 2 amide bonds. The fraction of sp³-hybridized carbons (Fsp3) is 0.250. The summed E-state index contributed by atoms with van der Waals surface area (Å²) in [7, 11) is 1.27. The lowest BCUT2D eigenvalue weighted by Gasteiger charge is -2.26. The number of anilines is 4. The molecule has 0 spiro atoms. The van der Waals surface area contributed by atoms with E-state index in [2.05, 4.69) is 36.5 Å². The van der Waals surface area contributed by atoms with Crippen molar-refractivity contribution in [1.29, 1.82) is 0 Å². The maximum absolute atomic E-state index is 13.0. The summed E-state index contributed by atoms with van der Waals surface area (Å²) in [4.78, 5) is 29.0. The predicted octanol–water partition coefficient (Wildman–Crippen LogP) is 4.39. The number of rotatable bonds is 5. The minimum absolute atomic E-state index is 0.253. The van der Waals surface area contributed by atoms with Crippen molar-refractivity contribution in [2.75, 3.05) is 28.5 Å². The molecular formula is C20H21ClN6O3S. The van der Waals surface area contributed by atoms with E-state index in [4.69, 9.17) is 11.6 Å². The predicted molar refractivity (Wildman–Crippen MR) is 124 cm³/mol. The Balaban J connectivity index is 1.50. The first-order chi connectivity index (χ1) is 14.8. The van der Waals surface area contributed by atoms with Crippen LogP contribution in [-0.2, 0) is 16.1 Å². The normalized spacial score (nSPS) is 12.8. The minimum atomic E-state index is -0.973. The van der Waals surface area contributed by atoms with Crippen LogP contribution in [0.5, 0.6) is 0 Å². The Kier molecular flexibility index (Phi) is 5.61. The van der Waals surface area contributed by atoms with E-state index >= 15 is 0 Å². The topological polar surface area (TPSA) is 116 Å². The average Bonchev–Trinajstić information content (AvgIpc) is 3.36. The Hall–Kier alpha value is -3.08. The van der Waals surface area contributed by atoms with E-state index in [1.165, 1.54) is 18.4 Å². The van der Waals surface area contributed by atoms with E-state index in [9.17, 15) is 9.59 Å². The van der Waals surface area contributed by atoms with Gasteiger partial charge >= 0.3 is 6.09 Å². The lowest BCUT2D eigenvalue weighted by atomic mass is 10.0. The van der Waals surface area contributed by atoms with Gasteiger partial charge in [-0.2, -0.15) is 0 Å². The zero-order valence-corrected chi connectivity index (χ0v) is 18.6. The van der Waals surface area contributed by atoms with Crippen LogP contribution in [0.25, 0.3) is 10.2 Å². The van der Waals surface area contributed by atoms with Crippen LogP contribution < -0.4 is 26.8 Å². The van der Waals surface area contributed by atoms with Crippen molar-refractivity contribution in [3.8, 4) is 0 Å². The number of thiazole rings is 1. The van der Waals surface area contributed by atoms with Crippen molar-refractivity contribution < 1.29 is 14.3 Å². The summed E-state index contributed by atoms with van der Waals surface area (Å²) in [6, 6.07) is 8.87. The highest BCUT2D eigenvalue weighted by molar-refractivity contribution is 7.22. The number of halogens is 1. The van der Waals surface area contributed by atoms with E-state index in [-0.39, 0.29) is 5.91 Å². The monoisotopic (exact) mass is 460 g/mol. The van der Waals surface area contributed by atoms with E-state index in [1.807, 2.05) is 12.1 Å². The Labute approximate surface area is 187 Å². The minimum Gasteiger partial charge on any atom is -0.453 e. The number of ether oxygens (including phenoxy) is 1. The van der Waals surface area contributed by atoms with Gasteiger partial charge in [0.05, 0.1) is 33.7 Å². The van der Waals surface area contributed by atoms with Gasteiger partial charge in [-0.3, -0.25) is 15.4 Å². The second-order valence-corrected chi connectivity index (χ2v) is 8.86. The molecule has 0 saturated carbocycles. The molecule has 0 fully saturated rings. The second kappa shape index (κ2) is 8.22. The molecule has 11 heteroatoms. The third-order valence-corrected chi connectivity index (χ3v) is 6.16. The lowest BCUT2D eigenvalue weighted by molar-refractivity contribution is -0.119. The highest BCUT2D eigenvalue weighted by Crippen LogP contribution is 2.35. The van der Waals surface area contributed by atoms with Crippen LogP contribution in [0.1, 0.15) is 19.4 Å². The molecule has 4 rings (SSSR count). The molecule has 9 nitrogen and oxygen atoms in total. The summed E-state index contributed by atoms with van der Waals surface area (Å²) in [6.07, 6.45) is -0.635. The average molecular weight is 461 g/mol. The molecule has 0 aliphatic carbocycles. The summed E-state index contributed by atoms with van der Waals surface area (Å²) in [5.41, 5.74) is 9.21. The first-order valence-electron chi connectivity index (χ1n) is 9.42. The molecule has 162 valence electrons. The van der Waals surface area contributed by atoms with Gasteiger partial charge in [0.1, 0.15) is 5.54 Å². The summed E-state index contributed by atoms with van der Waals surface area (Å²) >= 11 is 7.56. The number of amides is 2. The molecule has 0 bridgehead atoms. The van der Waals surface area contributed by atoms with E-state index in [0.29, 0.717) is 28.1 Å². The SMILES string of the molecule is COC(=O)Nc1cc(NC(C)(C)C(=O)Nc2nc3ccc4c(c3s2)CNN4)ccc1Cl. The Bertz CT molecular complexity index is 1180. The van der Waals surface area contributed by atoms with Crippen LogP contribution in [0.4, 0.5) is 27.0 Å². The summed E-state index contributed by atoms with van der Waals surface area (Å²) < 4.78 is 5.63. The zero-order valence-electron chi connectivity index (χ0n) is 17.1. The summed E-state index contributed by atoms with van der Waals surface area (Å²) in [5.74, 6) is -0.253. The lowest BCUT2D eigenvalue weighted by Crippen LogP contribution is -2.44. The maximum Gasteiger partial charge on any atom is 0.411 e. The molecule has 31 heavy (non-hydrogen) atoms. The van der Waals surface area contributed by atoms with Gasteiger partial charge in [0.15, 0.2) is 5.13 Å². The van der Waals surface area contributed by atoms with Gasteiger partial charge in [0, 0.05) is 17.8 Å². The van der Waals surface area contributed by atoms with Crippen molar-refractivity contribution in [2.24, 2.45) is 0 Å². The van der Waals surface area contributed by atoms with Crippen molar-refractivity contribution >= 4 is 67.3 Å². The molecule has 1 aliphatic rings. The zero-order chi connectivity index (χ0) is 22.2. The fourth-order valence-electron chi connectivity index (χ4n) is 3.15. The van der Waals surface area contributed by atoms with Crippen LogP contribution in [0, 0.1) is 0 Å². The second-order valence-electron chi connectivity index (χ2n) is 7.45. The molecule has 5 N–H and O–H groups in total. The van der Waals surface area contributed by atoms with Gasteiger partial charge in [-0.25, -0.2) is 15.2 Å². The van der Waals surface area contributed by atoms with Crippen LogP contribution >= 0.6 is 22.9 Å². The number of carbonyl (C=O) groups excluding carboxylic acids is 2. The van der Waals surface area contributed by atoms with Gasteiger partial charge in [0.25, 0.3) is 5.91 Å². The number of carbonyl (C=O) groups is 2. The third kappa shape index (κ3) is 4.36. The van der Waals surface area contributed by atoms with Gasteiger partial charge in [-0.05, 0) is 44.2 Å². The number of benzene rings is 2. The van der Waals surface area contributed by atoms with Crippen LogP contribution in [0.3, 0.4) is 0 Å². The van der Waals surface area contributed by atoms with Crippen LogP contribution in [-0.4, -0.2) is 29.6 Å². The summed E-state index contributed by atoms with van der Waals surface area (Å²) in [5, 5.41) is 9.48. The number of nitrogens with one attached hydrogen (secondary N) is 5. The number of hydrazine groups is 1. The Morgan fingerprint density at radius 2 is 2.03 bits per heavy atom. The molecule has 0 radical (unpaired) electrons. The first-order valence-corrected chi connectivity index (χ1v) is 10.6. The molecular weight excluding hydrogens is 440 g/mol. The molecule has 3 aromatic rings. The van der Waals surface area contributed by atoms with E-state index in [0.717, 1.165) is 21.5 Å². The van der Waals surface area contributed by atoms with Gasteiger partial charge in [0.2, 0.25) is 0 Å². The molecule has 0 atom stereocenters. The standard InChI is InChI=1S/C20H21ClN6O3S/c1-20(2,26-10-4-5-12(21)15(8-10)24-19(29)30-3)17(28)25-18-23-14-7-6-13-11(9-22-27-13)16(14)31-18/h4-8,22,26-27H,9H2,1-3H3,(H,24,29)(H,23,25,28). The highest BCUT2D eigenvalue weighted by Gasteiger charge is 2.29. The van der Waals surface area contributed by atoms with Crippen molar-refractivity contribution in [3.63, 3.8) is 0 Å². The van der Waals surface area contributed by atoms with Gasteiger partial charge in [-0.15, -0.1) is 0 Å². The third-order valence-electron chi connectivity index (χ3n) is 4.78. The molecule has 1 aromatic heterocycles.